The van der Waals surface area contributed by atoms with E-state index in [1.807, 2.05) is 0 Å². The van der Waals surface area contributed by atoms with Crippen LogP contribution in [-0.2, 0) is 4.79 Å². The molecule has 0 aromatic heterocycles. The molecule has 0 saturated heterocycles. The number of aliphatic hydroxyl groups is 1. The highest BCUT2D eigenvalue weighted by Crippen LogP contribution is 2.13. The highest BCUT2D eigenvalue weighted by atomic mass is 32.2. The first-order chi connectivity index (χ1) is 7.61. The SMILES string of the molecule is O=C(CSCCO)Nc1cc(F)cc(F)c1. The van der Waals surface area contributed by atoms with Gasteiger partial charge in [0, 0.05) is 17.5 Å². The molecule has 0 aliphatic heterocycles. The van der Waals surface area contributed by atoms with E-state index in [4.69, 9.17) is 5.11 Å². The second-order valence-electron chi connectivity index (χ2n) is 2.98. The Morgan fingerprint density at radius 1 is 1.31 bits per heavy atom. The summed E-state index contributed by atoms with van der Waals surface area (Å²) in [6, 6.07) is 2.81. The van der Waals surface area contributed by atoms with E-state index in [2.05, 4.69) is 5.32 Å². The van der Waals surface area contributed by atoms with Crippen LogP contribution in [-0.4, -0.2) is 29.1 Å². The van der Waals surface area contributed by atoms with Gasteiger partial charge in [-0.3, -0.25) is 4.79 Å². The fraction of sp³-hybridized carbons (Fsp3) is 0.300. The number of thioether (sulfide) groups is 1. The van der Waals surface area contributed by atoms with Crippen LogP contribution in [0.3, 0.4) is 0 Å². The first-order valence-corrected chi connectivity index (χ1v) is 5.72. The number of hydrogen-bond donors (Lipinski definition) is 2. The average molecular weight is 247 g/mol. The lowest BCUT2D eigenvalue weighted by atomic mass is 10.3. The number of aliphatic hydroxyl groups excluding tert-OH is 1. The largest absolute Gasteiger partial charge is 0.396 e. The van der Waals surface area contributed by atoms with Crippen LogP contribution >= 0.6 is 11.8 Å². The van der Waals surface area contributed by atoms with Crippen LogP contribution in [0, 0.1) is 11.6 Å². The van der Waals surface area contributed by atoms with Gasteiger partial charge in [0.15, 0.2) is 0 Å². The Kier molecular flexibility index (Phi) is 5.21. The molecule has 0 saturated carbocycles. The average Bonchev–Trinajstić information content (AvgIpc) is 2.16. The Morgan fingerprint density at radius 3 is 2.50 bits per heavy atom. The molecule has 0 spiro atoms. The van der Waals surface area contributed by atoms with E-state index in [0.717, 1.165) is 18.2 Å². The maximum atomic E-state index is 12.8. The van der Waals surface area contributed by atoms with Crippen molar-refractivity contribution < 1.29 is 18.7 Å². The second kappa shape index (κ2) is 6.44. The minimum Gasteiger partial charge on any atom is -0.396 e. The lowest BCUT2D eigenvalue weighted by Gasteiger charge is -2.05. The van der Waals surface area contributed by atoms with Crippen LogP contribution in [0.15, 0.2) is 18.2 Å². The zero-order chi connectivity index (χ0) is 12.0. The summed E-state index contributed by atoms with van der Waals surface area (Å²) in [5.41, 5.74) is 0.0899. The van der Waals surface area contributed by atoms with Gasteiger partial charge in [0.2, 0.25) is 5.91 Å². The summed E-state index contributed by atoms with van der Waals surface area (Å²) in [5.74, 6) is -1.25. The molecule has 0 bridgehead atoms. The third-order valence-electron chi connectivity index (χ3n) is 1.62. The zero-order valence-electron chi connectivity index (χ0n) is 8.37. The fourth-order valence-electron chi connectivity index (χ4n) is 1.05. The fourth-order valence-corrected chi connectivity index (χ4v) is 1.58. The molecule has 2 N–H and O–H groups in total. The van der Waals surface area contributed by atoms with Crippen LogP contribution in [0.2, 0.25) is 0 Å². The zero-order valence-corrected chi connectivity index (χ0v) is 9.19. The van der Waals surface area contributed by atoms with Crippen molar-refractivity contribution in [3.63, 3.8) is 0 Å². The topological polar surface area (TPSA) is 49.3 Å². The standard InChI is InChI=1S/C10H11F2NO2S/c11-7-3-8(12)5-9(4-7)13-10(15)6-16-2-1-14/h3-5,14H,1-2,6H2,(H,13,15). The number of carbonyl (C=O) groups excluding carboxylic acids is 1. The summed E-state index contributed by atoms with van der Waals surface area (Å²) in [6.07, 6.45) is 0. The van der Waals surface area contributed by atoms with E-state index >= 15 is 0 Å². The molecule has 1 rings (SSSR count). The molecule has 1 aromatic carbocycles. The lowest BCUT2D eigenvalue weighted by Crippen LogP contribution is -2.15. The van der Waals surface area contributed by atoms with Crippen LogP contribution in [0.4, 0.5) is 14.5 Å². The van der Waals surface area contributed by atoms with Gasteiger partial charge in [0.25, 0.3) is 0 Å². The van der Waals surface area contributed by atoms with Gasteiger partial charge in [0.05, 0.1) is 12.4 Å². The minimum absolute atomic E-state index is 0.00740. The number of rotatable bonds is 5. The van der Waals surface area contributed by atoms with Gasteiger partial charge in [-0.25, -0.2) is 8.78 Å². The van der Waals surface area contributed by atoms with E-state index in [1.54, 1.807) is 0 Å². The number of carbonyl (C=O) groups is 1. The number of nitrogens with one attached hydrogen (secondary N) is 1. The molecule has 3 nitrogen and oxygen atoms in total. The van der Waals surface area contributed by atoms with Crippen molar-refractivity contribution in [1.82, 2.24) is 0 Å². The molecule has 0 fully saturated rings. The van der Waals surface area contributed by atoms with Gasteiger partial charge in [-0.2, -0.15) is 0 Å². The highest BCUT2D eigenvalue weighted by Gasteiger charge is 2.05. The van der Waals surface area contributed by atoms with Crippen molar-refractivity contribution in [1.29, 1.82) is 0 Å². The molecular weight excluding hydrogens is 236 g/mol. The summed E-state index contributed by atoms with van der Waals surface area (Å²) < 4.78 is 25.5. The van der Waals surface area contributed by atoms with Crippen molar-refractivity contribution in [2.45, 2.75) is 0 Å². The van der Waals surface area contributed by atoms with E-state index < -0.39 is 11.6 Å². The third-order valence-corrected chi connectivity index (χ3v) is 2.55. The quantitative estimate of drug-likeness (QED) is 0.777. The Morgan fingerprint density at radius 2 is 1.94 bits per heavy atom. The number of benzene rings is 1. The summed E-state index contributed by atoms with van der Waals surface area (Å²) >= 11 is 1.24. The smallest absolute Gasteiger partial charge is 0.234 e. The van der Waals surface area contributed by atoms with Gasteiger partial charge < -0.3 is 10.4 Å². The normalized spacial score (nSPS) is 10.2. The Balaban J connectivity index is 2.49. The first-order valence-electron chi connectivity index (χ1n) is 4.56. The van der Waals surface area contributed by atoms with E-state index in [0.29, 0.717) is 5.75 Å². The van der Waals surface area contributed by atoms with Crippen LogP contribution in [0.5, 0.6) is 0 Å². The monoisotopic (exact) mass is 247 g/mol. The number of anilines is 1. The van der Waals surface area contributed by atoms with Crippen molar-refractivity contribution >= 4 is 23.4 Å². The van der Waals surface area contributed by atoms with Crippen molar-refractivity contribution in [3.05, 3.63) is 29.8 Å². The third kappa shape index (κ3) is 4.59. The van der Waals surface area contributed by atoms with E-state index in [-0.39, 0.29) is 24.0 Å². The summed E-state index contributed by atoms with van der Waals surface area (Å²) in [5, 5.41) is 10.9. The molecule has 16 heavy (non-hydrogen) atoms. The number of amides is 1. The predicted octanol–water partition coefficient (Wildman–Crippen LogP) is 1.63. The van der Waals surface area contributed by atoms with E-state index in [1.165, 1.54) is 11.8 Å². The Hall–Kier alpha value is -1.14. The molecule has 0 radical (unpaired) electrons. The molecule has 0 unspecified atom stereocenters. The van der Waals surface area contributed by atoms with Crippen molar-refractivity contribution in [2.75, 3.05) is 23.4 Å². The van der Waals surface area contributed by atoms with Crippen LogP contribution in [0.1, 0.15) is 0 Å². The summed E-state index contributed by atoms with van der Waals surface area (Å²) in [6.45, 7) is -0.00740. The summed E-state index contributed by atoms with van der Waals surface area (Å²) in [7, 11) is 0. The molecule has 0 aliphatic carbocycles. The molecular formula is C10H11F2NO2S. The number of hydrogen-bond acceptors (Lipinski definition) is 3. The molecule has 88 valence electrons. The molecule has 1 amide bonds. The van der Waals surface area contributed by atoms with Crippen LogP contribution in [0.25, 0.3) is 0 Å². The maximum absolute atomic E-state index is 12.8. The van der Waals surface area contributed by atoms with Gasteiger partial charge in [-0.05, 0) is 12.1 Å². The second-order valence-corrected chi connectivity index (χ2v) is 4.09. The van der Waals surface area contributed by atoms with Crippen LogP contribution < -0.4 is 5.32 Å². The molecule has 0 atom stereocenters. The van der Waals surface area contributed by atoms with Gasteiger partial charge in [0.1, 0.15) is 11.6 Å². The minimum atomic E-state index is -0.738. The first kappa shape index (κ1) is 12.9. The molecule has 0 aliphatic rings. The highest BCUT2D eigenvalue weighted by molar-refractivity contribution is 7.99. The molecule has 0 heterocycles. The van der Waals surface area contributed by atoms with Gasteiger partial charge >= 0.3 is 0 Å². The van der Waals surface area contributed by atoms with Gasteiger partial charge in [-0.1, -0.05) is 0 Å². The maximum Gasteiger partial charge on any atom is 0.234 e. The van der Waals surface area contributed by atoms with Crippen molar-refractivity contribution in [3.8, 4) is 0 Å². The van der Waals surface area contributed by atoms with Gasteiger partial charge in [-0.15, -0.1) is 11.8 Å². The Labute approximate surface area is 95.9 Å². The molecule has 6 heteroatoms. The Bertz CT molecular complexity index is 354. The lowest BCUT2D eigenvalue weighted by molar-refractivity contribution is -0.113. The summed E-state index contributed by atoms with van der Waals surface area (Å²) in [4.78, 5) is 11.3. The predicted molar refractivity (Wildman–Crippen MR) is 59.4 cm³/mol. The number of halogens is 2. The van der Waals surface area contributed by atoms with Crippen molar-refractivity contribution in [2.24, 2.45) is 0 Å². The molecule has 1 aromatic rings. The van der Waals surface area contributed by atoms with E-state index in [9.17, 15) is 13.6 Å².